The van der Waals surface area contributed by atoms with E-state index < -0.39 is 33.9 Å². The fourth-order valence-corrected chi connectivity index (χ4v) is 5.72. The van der Waals surface area contributed by atoms with E-state index in [1.54, 1.807) is 5.38 Å². The summed E-state index contributed by atoms with van der Waals surface area (Å²) in [4.78, 5) is 15.0. The highest BCUT2D eigenvalue weighted by molar-refractivity contribution is 7.93. The monoisotopic (exact) mass is 645 g/mol. The molecule has 41 heavy (non-hydrogen) atoms. The number of hydrogen-bond acceptors (Lipinski definition) is 7. The average molecular weight is 646 g/mol. The smallest absolute Gasteiger partial charge is 0.489 e. The molecule has 2 heterocycles. The van der Waals surface area contributed by atoms with E-state index in [0.29, 0.717) is 38.2 Å². The second-order valence-corrected chi connectivity index (χ2v) is 11.6. The Hall–Kier alpha value is -3.08. The number of carbonyl (C=O) groups is 1. The molecule has 1 aliphatic heterocycles. The highest BCUT2D eigenvalue weighted by Gasteiger charge is 2.38. The Balaban J connectivity index is 0.000000587. The van der Waals surface area contributed by atoms with Crippen LogP contribution < -0.4 is 9.46 Å². The van der Waals surface area contributed by atoms with Crippen LogP contribution in [0.5, 0.6) is 5.75 Å². The molecular weight excluding hydrogens is 624 g/mol. The predicted octanol–water partition coefficient (Wildman–Crippen LogP) is 6.29. The first-order valence-corrected chi connectivity index (χ1v) is 14.4. The minimum Gasteiger partial charge on any atom is -0.489 e. The van der Waals surface area contributed by atoms with Gasteiger partial charge in [-0.2, -0.15) is 26.3 Å². The molecule has 224 valence electrons. The molecule has 0 aliphatic carbocycles. The van der Waals surface area contributed by atoms with Gasteiger partial charge in [0, 0.05) is 31.2 Å². The Labute approximate surface area is 239 Å². The van der Waals surface area contributed by atoms with Crippen molar-refractivity contribution in [2.24, 2.45) is 0 Å². The number of carboxylic acids is 1. The summed E-state index contributed by atoms with van der Waals surface area (Å²) in [6, 6.07) is 9.51. The first-order valence-electron chi connectivity index (χ1n) is 11.6. The number of nitrogens with zero attached hydrogens (tertiary/aromatic N) is 2. The zero-order valence-electron chi connectivity index (χ0n) is 20.7. The predicted molar refractivity (Wildman–Crippen MR) is 138 cm³/mol. The summed E-state index contributed by atoms with van der Waals surface area (Å²) in [5, 5.41) is 9.24. The van der Waals surface area contributed by atoms with Gasteiger partial charge in [-0.1, -0.05) is 23.7 Å². The number of anilines is 1. The zero-order chi connectivity index (χ0) is 30.4. The lowest BCUT2D eigenvalue weighted by molar-refractivity contribution is -0.192. The van der Waals surface area contributed by atoms with Crippen LogP contribution >= 0.6 is 22.9 Å². The van der Waals surface area contributed by atoms with Crippen molar-refractivity contribution < 1.29 is 49.4 Å². The van der Waals surface area contributed by atoms with Gasteiger partial charge in [0.15, 0.2) is 5.13 Å². The Bertz CT molecular complexity index is 1410. The molecule has 1 aromatic heterocycles. The number of aliphatic carboxylic acids is 1. The van der Waals surface area contributed by atoms with Gasteiger partial charge in [0.05, 0.1) is 15.5 Å². The van der Waals surface area contributed by atoms with Crippen LogP contribution in [0.25, 0.3) is 0 Å². The third kappa shape index (κ3) is 9.76. The largest absolute Gasteiger partial charge is 0.490 e. The molecule has 0 amide bonds. The Kier molecular flexibility index (Phi) is 10.5. The molecule has 0 radical (unpaired) electrons. The van der Waals surface area contributed by atoms with Gasteiger partial charge >= 0.3 is 18.3 Å². The van der Waals surface area contributed by atoms with Crippen molar-refractivity contribution in [3.8, 4) is 5.75 Å². The number of rotatable bonds is 7. The number of carboxylic acid groups (broad SMARTS) is 1. The highest BCUT2D eigenvalue weighted by atomic mass is 35.5. The number of ether oxygens (including phenoxy) is 1. The number of nitrogens with one attached hydrogen (secondary N) is 1. The standard InChI is InChI=1S/C22H21ClF3N3O3S2.C2HF3O2/c23-19-13-18(34(30,31)28-21-27-9-12-33-21)5-6-20(19)32-17-7-10-29(11-8-17)14-15-1-3-16(4-2-15)22(24,25)26;3-2(4,5)1(6)7/h1-6,9,12-13,17H,7-8,10-11,14H2,(H,27,28);(H,6,7). The normalized spacial score (nSPS) is 15.1. The van der Waals surface area contributed by atoms with Crippen LogP contribution in [0.15, 0.2) is 58.9 Å². The van der Waals surface area contributed by atoms with Crippen molar-refractivity contribution in [2.45, 2.75) is 42.7 Å². The molecule has 0 atom stereocenters. The van der Waals surface area contributed by atoms with Crippen molar-refractivity contribution in [2.75, 3.05) is 17.8 Å². The van der Waals surface area contributed by atoms with Crippen LogP contribution in [0.1, 0.15) is 24.0 Å². The van der Waals surface area contributed by atoms with Gasteiger partial charge in [-0.15, -0.1) is 11.3 Å². The highest BCUT2D eigenvalue weighted by Crippen LogP contribution is 2.32. The maximum atomic E-state index is 12.7. The number of piperidine rings is 1. The van der Waals surface area contributed by atoms with E-state index >= 15 is 0 Å². The van der Waals surface area contributed by atoms with Crippen LogP contribution in [0.4, 0.5) is 31.5 Å². The van der Waals surface area contributed by atoms with Gasteiger partial charge in [0.1, 0.15) is 11.9 Å². The molecule has 3 aromatic rings. The summed E-state index contributed by atoms with van der Waals surface area (Å²) in [6.07, 6.45) is -6.60. The molecule has 1 fully saturated rings. The van der Waals surface area contributed by atoms with Gasteiger partial charge < -0.3 is 9.84 Å². The first kappa shape index (κ1) is 32.4. The summed E-state index contributed by atoms with van der Waals surface area (Å²) in [5.41, 5.74) is 0.164. The van der Waals surface area contributed by atoms with Crippen molar-refractivity contribution in [1.29, 1.82) is 0 Å². The summed E-state index contributed by atoms with van der Waals surface area (Å²) in [7, 11) is -3.81. The van der Waals surface area contributed by atoms with Gasteiger partial charge in [0.25, 0.3) is 10.0 Å². The minimum absolute atomic E-state index is 0.00594. The summed E-state index contributed by atoms with van der Waals surface area (Å²) in [5.74, 6) is -2.36. The van der Waals surface area contributed by atoms with Crippen molar-refractivity contribution >= 4 is 44.1 Å². The fourth-order valence-electron chi connectivity index (χ4n) is 3.61. The number of sulfonamides is 1. The van der Waals surface area contributed by atoms with Crippen LogP contribution in [0.2, 0.25) is 5.02 Å². The maximum absolute atomic E-state index is 12.7. The van der Waals surface area contributed by atoms with E-state index in [0.717, 1.165) is 17.7 Å². The van der Waals surface area contributed by atoms with Crippen LogP contribution in [-0.2, 0) is 27.5 Å². The van der Waals surface area contributed by atoms with Crippen molar-refractivity contribution in [1.82, 2.24) is 9.88 Å². The van der Waals surface area contributed by atoms with E-state index in [1.165, 1.54) is 47.9 Å². The maximum Gasteiger partial charge on any atom is 0.490 e. The molecule has 17 heteroatoms. The molecule has 0 bridgehead atoms. The quantitative estimate of drug-likeness (QED) is 0.291. The van der Waals surface area contributed by atoms with Gasteiger partial charge in [-0.3, -0.25) is 9.62 Å². The van der Waals surface area contributed by atoms with Crippen LogP contribution in [-0.4, -0.2) is 54.7 Å². The number of aromatic nitrogens is 1. The van der Waals surface area contributed by atoms with E-state index in [9.17, 15) is 34.8 Å². The number of benzene rings is 2. The third-order valence-corrected chi connectivity index (χ3v) is 8.08. The van der Waals surface area contributed by atoms with E-state index in [1.807, 2.05) is 0 Å². The molecule has 0 spiro atoms. The molecule has 8 nitrogen and oxygen atoms in total. The molecule has 0 saturated carbocycles. The summed E-state index contributed by atoms with van der Waals surface area (Å²) >= 11 is 7.47. The number of hydrogen-bond donors (Lipinski definition) is 2. The second-order valence-electron chi connectivity index (χ2n) is 8.63. The number of thiazole rings is 1. The van der Waals surface area contributed by atoms with Gasteiger partial charge in [-0.05, 0) is 48.7 Å². The summed E-state index contributed by atoms with van der Waals surface area (Å²) in [6.45, 7) is 1.99. The first-order chi connectivity index (χ1) is 19.0. The Morgan fingerprint density at radius 3 is 2.20 bits per heavy atom. The molecular formula is C24H22ClF6N3O5S2. The molecule has 1 aliphatic rings. The summed E-state index contributed by atoms with van der Waals surface area (Å²) < 4.78 is 103. The van der Waals surface area contributed by atoms with Gasteiger partial charge in [-0.25, -0.2) is 18.2 Å². The second kappa shape index (κ2) is 13.3. The molecule has 4 rings (SSSR count). The van der Waals surface area contributed by atoms with E-state index in [4.69, 9.17) is 26.2 Å². The lowest BCUT2D eigenvalue weighted by Crippen LogP contribution is -2.37. The topological polar surface area (TPSA) is 109 Å². The lowest BCUT2D eigenvalue weighted by atomic mass is 10.1. The molecule has 2 N–H and O–H groups in total. The molecule has 0 unspecified atom stereocenters. The number of halogens is 7. The zero-order valence-corrected chi connectivity index (χ0v) is 23.1. The fraction of sp³-hybridized carbons (Fsp3) is 0.333. The average Bonchev–Trinajstić information content (AvgIpc) is 3.38. The SMILES string of the molecule is O=C(O)C(F)(F)F.O=S(=O)(Nc1nccs1)c1ccc(OC2CCN(Cc3ccc(C(F)(F)F)cc3)CC2)c(Cl)c1. The van der Waals surface area contributed by atoms with Crippen molar-refractivity contribution in [3.63, 3.8) is 0 Å². The Morgan fingerprint density at radius 2 is 1.71 bits per heavy atom. The number of likely N-dealkylation sites (tertiary alicyclic amines) is 1. The molecule has 2 aromatic carbocycles. The van der Waals surface area contributed by atoms with Gasteiger partial charge in [0.2, 0.25) is 0 Å². The van der Waals surface area contributed by atoms with Crippen molar-refractivity contribution in [3.05, 3.63) is 70.2 Å². The number of alkyl halides is 6. The Morgan fingerprint density at radius 1 is 1.10 bits per heavy atom. The van der Waals surface area contributed by atoms with E-state index in [-0.39, 0.29) is 21.2 Å². The molecule has 1 saturated heterocycles. The van der Waals surface area contributed by atoms with E-state index in [2.05, 4.69) is 14.6 Å². The van der Waals surface area contributed by atoms with Crippen LogP contribution in [0, 0.1) is 0 Å². The lowest BCUT2D eigenvalue weighted by Gasteiger charge is -2.32. The third-order valence-electron chi connectivity index (χ3n) is 5.63. The van der Waals surface area contributed by atoms with Crippen LogP contribution in [0.3, 0.4) is 0 Å². The minimum atomic E-state index is -5.08.